The van der Waals surface area contributed by atoms with E-state index in [1.165, 1.54) is 18.5 Å². The number of carbonyl (C=O) groups is 1. The summed E-state index contributed by atoms with van der Waals surface area (Å²) in [5.41, 5.74) is 7.36. The second-order valence-electron chi connectivity index (χ2n) is 4.91. The van der Waals surface area contributed by atoms with Crippen molar-refractivity contribution in [1.29, 1.82) is 0 Å². The van der Waals surface area contributed by atoms with Crippen LogP contribution in [0.15, 0.2) is 24.3 Å². The van der Waals surface area contributed by atoms with Gasteiger partial charge < -0.3 is 21.1 Å². The standard InChI is InChI=1S/C14H21N3O2/c15-14(19)13(18)10-16-9-11-3-5-12(6-4-11)17-7-1-2-8-17/h3-6,13,16,18H,1-2,7-10H2,(H2,15,19). The number of aliphatic hydroxyl groups is 1. The minimum absolute atomic E-state index is 0.184. The summed E-state index contributed by atoms with van der Waals surface area (Å²) in [6, 6.07) is 8.37. The molecule has 5 heteroatoms. The van der Waals surface area contributed by atoms with Crippen LogP contribution in [0.2, 0.25) is 0 Å². The van der Waals surface area contributed by atoms with Gasteiger partial charge in [-0.2, -0.15) is 0 Å². The Morgan fingerprint density at radius 2 is 1.95 bits per heavy atom. The Morgan fingerprint density at radius 3 is 2.53 bits per heavy atom. The van der Waals surface area contributed by atoms with Crippen LogP contribution in [0, 0.1) is 0 Å². The normalized spacial score (nSPS) is 16.6. The van der Waals surface area contributed by atoms with Gasteiger partial charge in [0.2, 0.25) is 5.91 Å². The molecule has 19 heavy (non-hydrogen) atoms. The van der Waals surface area contributed by atoms with Crippen LogP contribution in [-0.4, -0.2) is 36.8 Å². The van der Waals surface area contributed by atoms with Crippen LogP contribution in [0.4, 0.5) is 5.69 Å². The maximum absolute atomic E-state index is 10.7. The fourth-order valence-corrected chi connectivity index (χ4v) is 2.25. The maximum atomic E-state index is 10.7. The molecule has 4 N–H and O–H groups in total. The predicted octanol–water partition coefficient (Wildman–Crippen LogP) is 0.223. The molecule has 1 atom stereocenters. The van der Waals surface area contributed by atoms with E-state index >= 15 is 0 Å². The van der Waals surface area contributed by atoms with E-state index in [1.54, 1.807) is 0 Å². The first-order valence-corrected chi connectivity index (χ1v) is 6.69. The Balaban J connectivity index is 1.80. The molecule has 1 aromatic rings. The molecule has 1 fully saturated rings. The van der Waals surface area contributed by atoms with E-state index in [9.17, 15) is 9.90 Å². The lowest BCUT2D eigenvalue weighted by Crippen LogP contribution is -2.37. The topological polar surface area (TPSA) is 78.6 Å². The summed E-state index contributed by atoms with van der Waals surface area (Å²) in [5.74, 6) is -0.697. The number of hydrogen-bond donors (Lipinski definition) is 3. The van der Waals surface area contributed by atoms with Gasteiger partial charge in [0.15, 0.2) is 0 Å². The van der Waals surface area contributed by atoms with E-state index in [0.717, 1.165) is 18.7 Å². The SMILES string of the molecule is NC(=O)C(O)CNCc1ccc(N2CCCC2)cc1. The van der Waals surface area contributed by atoms with Gasteiger partial charge in [-0.3, -0.25) is 4.79 Å². The van der Waals surface area contributed by atoms with Crippen molar-refractivity contribution >= 4 is 11.6 Å². The second kappa shape index (κ2) is 6.54. The Hall–Kier alpha value is -1.59. The van der Waals surface area contributed by atoms with Crippen molar-refractivity contribution in [2.75, 3.05) is 24.5 Å². The Labute approximate surface area is 113 Å². The van der Waals surface area contributed by atoms with E-state index in [4.69, 9.17) is 5.73 Å². The van der Waals surface area contributed by atoms with Crippen molar-refractivity contribution in [1.82, 2.24) is 5.32 Å². The van der Waals surface area contributed by atoms with Gasteiger partial charge in [0, 0.05) is 31.9 Å². The third-order valence-corrected chi connectivity index (χ3v) is 3.40. The lowest BCUT2D eigenvalue weighted by molar-refractivity contribution is -0.125. The van der Waals surface area contributed by atoms with Crippen LogP contribution in [-0.2, 0) is 11.3 Å². The number of nitrogens with one attached hydrogen (secondary N) is 1. The second-order valence-corrected chi connectivity index (χ2v) is 4.91. The fraction of sp³-hybridized carbons (Fsp3) is 0.500. The molecule has 1 aliphatic rings. The summed E-state index contributed by atoms with van der Waals surface area (Å²) in [4.78, 5) is 13.0. The molecule has 1 unspecified atom stereocenters. The molecular formula is C14H21N3O2. The summed E-state index contributed by atoms with van der Waals surface area (Å²) in [6.07, 6.45) is 1.42. The van der Waals surface area contributed by atoms with Crippen LogP contribution in [0.3, 0.4) is 0 Å². The predicted molar refractivity (Wildman–Crippen MR) is 74.8 cm³/mol. The number of primary amides is 1. The zero-order valence-electron chi connectivity index (χ0n) is 11.0. The number of anilines is 1. The van der Waals surface area contributed by atoms with E-state index in [0.29, 0.717) is 6.54 Å². The third-order valence-electron chi connectivity index (χ3n) is 3.40. The molecule has 1 heterocycles. The highest BCUT2D eigenvalue weighted by molar-refractivity contribution is 5.78. The molecule has 1 saturated heterocycles. The zero-order valence-corrected chi connectivity index (χ0v) is 11.0. The van der Waals surface area contributed by atoms with Crippen molar-refractivity contribution in [2.45, 2.75) is 25.5 Å². The largest absolute Gasteiger partial charge is 0.382 e. The van der Waals surface area contributed by atoms with Crippen LogP contribution in [0.25, 0.3) is 0 Å². The van der Waals surface area contributed by atoms with Crippen molar-refractivity contribution < 1.29 is 9.90 Å². The number of hydrogen-bond acceptors (Lipinski definition) is 4. The van der Waals surface area contributed by atoms with Gasteiger partial charge in [-0.25, -0.2) is 0 Å². The summed E-state index contributed by atoms with van der Waals surface area (Å²) in [6.45, 7) is 3.08. The van der Waals surface area contributed by atoms with Gasteiger partial charge >= 0.3 is 0 Å². The van der Waals surface area contributed by atoms with E-state index in [-0.39, 0.29) is 6.54 Å². The number of benzene rings is 1. The molecular weight excluding hydrogens is 242 g/mol. The number of aliphatic hydroxyl groups excluding tert-OH is 1. The van der Waals surface area contributed by atoms with Crippen LogP contribution >= 0.6 is 0 Å². The molecule has 1 amide bonds. The highest BCUT2D eigenvalue weighted by atomic mass is 16.3. The van der Waals surface area contributed by atoms with Gasteiger partial charge in [-0.05, 0) is 30.5 Å². The van der Waals surface area contributed by atoms with Crippen molar-refractivity contribution in [2.24, 2.45) is 5.73 Å². The van der Waals surface area contributed by atoms with Gasteiger partial charge in [-0.1, -0.05) is 12.1 Å². The Morgan fingerprint density at radius 1 is 1.32 bits per heavy atom. The Bertz CT molecular complexity index is 413. The molecule has 2 rings (SSSR count). The summed E-state index contributed by atoms with van der Waals surface area (Å²) < 4.78 is 0. The molecule has 0 saturated carbocycles. The van der Waals surface area contributed by atoms with Crippen LogP contribution in [0.1, 0.15) is 18.4 Å². The Kier molecular flexibility index (Phi) is 4.76. The molecule has 0 aliphatic carbocycles. The summed E-state index contributed by atoms with van der Waals surface area (Å²) in [7, 11) is 0. The minimum Gasteiger partial charge on any atom is -0.382 e. The van der Waals surface area contributed by atoms with Gasteiger partial charge in [0.1, 0.15) is 6.10 Å². The van der Waals surface area contributed by atoms with Crippen molar-refractivity contribution in [3.63, 3.8) is 0 Å². The number of nitrogens with two attached hydrogens (primary N) is 1. The first-order chi connectivity index (χ1) is 9.16. The third kappa shape index (κ3) is 3.94. The maximum Gasteiger partial charge on any atom is 0.247 e. The molecule has 1 aliphatic heterocycles. The molecule has 0 spiro atoms. The lowest BCUT2D eigenvalue weighted by atomic mass is 10.2. The number of carbonyl (C=O) groups excluding carboxylic acids is 1. The number of amides is 1. The van der Waals surface area contributed by atoms with E-state index < -0.39 is 12.0 Å². The highest BCUT2D eigenvalue weighted by Crippen LogP contribution is 2.20. The molecule has 0 aromatic heterocycles. The fourth-order valence-electron chi connectivity index (χ4n) is 2.25. The summed E-state index contributed by atoms with van der Waals surface area (Å²) >= 11 is 0. The average Bonchev–Trinajstić information content (AvgIpc) is 2.93. The molecule has 5 nitrogen and oxygen atoms in total. The smallest absolute Gasteiger partial charge is 0.247 e. The first kappa shape index (κ1) is 13.8. The molecule has 1 aromatic carbocycles. The molecule has 0 radical (unpaired) electrons. The minimum atomic E-state index is -1.12. The first-order valence-electron chi connectivity index (χ1n) is 6.69. The average molecular weight is 263 g/mol. The molecule has 104 valence electrons. The lowest BCUT2D eigenvalue weighted by Gasteiger charge is -2.17. The summed E-state index contributed by atoms with van der Waals surface area (Å²) in [5, 5.41) is 12.3. The van der Waals surface area contributed by atoms with Gasteiger partial charge in [0.25, 0.3) is 0 Å². The van der Waals surface area contributed by atoms with Gasteiger partial charge in [0.05, 0.1) is 0 Å². The zero-order chi connectivity index (χ0) is 13.7. The number of rotatable bonds is 6. The van der Waals surface area contributed by atoms with Crippen molar-refractivity contribution in [3.05, 3.63) is 29.8 Å². The van der Waals surface area contributed by atoms with Gasteiger partial charge in [-0.15, -0.1) is 0 Å². The van der Waals surface area contributed by atoms with Crippen LogP contribution in [0.5, 0.6) is 0 Å². The quantitative estimate of drug-likeness (QED) is 0.686. The van der Waals surface area contributed by atoms with E-state index in [2.05, 4.69) is 34.5 Å². The molecule has 0 bridgehead atoms. The highest BCUT2D eigenvalue weighted by Gasteiger charge is 2.12. The monoisotopic (exact) mass is 263 g/mol. The van der Waals surface area contributed by atoms with Crippen molar-refractivity contribution in [3.8, 4) is 0 Å². The van der Waals surface area contributed by atoms with E-state index in [1.807, 2.05) is 0 Å². The number of nitrogens with zero attached hydrogens (tertiary/aromatic N) is 1. The van der Waals surface area contributed by atoms with Crippen LogP contribution < -0.4 is 16.0 Å².